The van der Waals surface area contributed by atoms with Crippen LogP contribution in [0.4, 0.5) is 5.82 Å². The second-order valence-corrected chi connectivity index (χ2v) is 9.41. The van der Waals surface area contributed by atoms with Crippen LogP contribution in [0.2, 0.25) is 0 Å². The summed E-state index contributed by atoms with van der Waals surface area (Å²) in [7, 11) is 3.96. The van der Waals surface area contributed by atoms with Crippen molar-refractivity contribution in [3.05, 3.63) is 73.1 Å². The van der Waals surface area contributed by atoms with Gasteiger partial charge >= 0.3 is 0 Å². The van der Waals surface area contributed by atoms with Crippen molar-refractivity contribution in [1.82, 2.24) is 29.5 Å². The molecule has 0 bridgehead atoms. The SMILES string of the molecule is CN(C)CC=CC(=O)N1CCC(n2nc(-c3ccc(Oc4ccccc4)cc3)c3c(N)ncnc32)CC1. The van der Waals surface area contributed by atoms with Gasteiger partial charge < -0.3 is 20.3 Å². The Bertz CT molecular complexity index is 1390. The van der Waals surface area contributed by atoms with Gasteiger partial charge in [-0.2, -0.15) is 5.10 Å². The summed E-state index contributed by atoms with van der Waals surface area (Å²) in [6, 6.07) is 17.6. The molecular weight excluding hydrogens is 466 g/mol. The normalized spacial score (nSPS) is 14.6. The van der Waals surface area contributed by atoms with Crippen LogP contribution in [0.25, 0.3) is 22.3 Å². The highest BCUT2D eigenvalue weighted by Gasteiger charge is 2.27. The lowest BCUT2D eigenvalue weighted by molar-refractivity contribution is -0.127. The van der Waals surface area contributed by atoms with E-state index in [0.717, 1.165) is 47.5 Å². The van der Waals surface area contributed by atoms with Gasteiger partial charge in [-0.1, -0.05) is 24.3 Å². The highest BCUT2D eigenvalue weighted by Crippen LogP contribution is 2.35. The third kappa shape index (κ3) is 5.46. The Labute approximate surface area is 216 Å². The number of ether oxygens (including phenoxy) is 1. The van der Waals surface area contributed by atoms with Crippen LogP contribution in [-0.2, 0) is 4.79 Å². The Morgan fingerprint density at radius 3 is 2.46 bits per heavy atom. The first-order chi connectivity index (χ1) is 18.0. The Morgan fingerprint density at radius 2 is 1.76 bits per heavy atom. The number of rotatable bonds is 7. The van der Waals surface area contributed by atoms with Crippen LogP contribution in [0.1, 0.15) is 18.9 Å². The molecule has 0 radical (unpaired) electrons. The molecule has 2 N–H and O–H groups in total. The number of nitrogen functional groups attached to an aromatic ring is 1. The quantitative estimate of drug-likeness (QED) is 0.383. The number of hydrogen-bond donors (Lipinski definition) is 1. The molecule has 1 fully saturated rings. The number of carbonyl (C=O) groups excluding carboxylic acids is 1. The smallest absolute Gasteiger partial charge is 0.246 e. The highest BCUT2D eigenvalue weighted by molar-refractivity contribution is 5.98. The third-order valence-corrected chi connectivity index (χ3v) is 6.48. The van der Waals surface area contributed by atoms with Gasteiger partial charge in [-0.15, -0.1) is 0 Å². The van der Waals surface area contributed by atoms with Crippen LogP contribution in [0.15, 0.2) is 73.1 Å². The average Bonchev–Trinajstić information content (AvgIpc) is 3.30. The van der Waals surface area contributed by atoms with Crippen molar-refractivity contribution in [3.63, 3.8) is 0 Å². The molecule has 1 aliphatic heterocycles. The zero-order chi connectivity index (χ0) is 25.8. The number of aromatic nitrogens is 4. The van der Waals surface area contributed by atoms with Crippen LogP contribution in [0, 0.1) is 0 Å². The van der Waals surface area contributed by atoms with Gasteiger partial charge in [-0.3, -0.25) is 4.79 Å². The Hall–Kier alpha value is -4.24. The molecule has 0 aliphatic carbocycles. The molecule has 0 spiro atoms. The van der Waals surface area contributed by atoms with Gasteiger partial charge in [0.15, 0.2) is 5.65 Å². The van der Waals surface area contributed by atoms with E-state index in [-0.39, 0.29) is 11.9 Å². The summed E-state index contributed by atoms with van der Waals surface area (Å²) in [5, 5.41) is 5.71. The minimum absolute atomic E-state index is 0.0516. The summed E-state index contributed by atoms with van der Waals surface area (Å²) >= 11 is 0. The lowest BCUT2D eigenvalue weighted by Gasteiger charge is -2.31. The number of anilines is 1. The maximum atomic E-state index is 12.6. The minimum Gasteiger partial charge on any atom is -0.457 e. The lowest BCUT2D eigenvalue weighted by atomic mass is 10.1. The van der Waals surface area contributed by atoms with Crippen molar-refractivity contribution in [2.45, 2.75) is 18.9 Å². The van der Waals surface area contributed by atoms with Crippen LogP contribution < -0.4 is 10.5 Å². The maximum absolute atomic E-state index is 12.6. The van der Waals surface area contributed by atoms with Crippen molar-refractivity contribution >= 4 is 22.8 Å². The zero-order valence-corrected chi connectivity index (χ0v) is 21.1. The molecule has 1 saturated heterocycles. The van der Waals surface area contributed by atoms with E-state index in [1.807, 2.05) is 89.3 Å². The van der Waals surface area contributed by atoms with Gasteiger partial charge in [0, 0.05) is 31.3 Å². The van der Waals surface area contributed by atoms with Gasteiger partial charge in [-0.05, 0) is 63.3 Å². The molecule has 4 aromatic rings. The number of para-hydroxylation sites is 1. The standard InChI is InChI=1S/C28H31N7O2/c1-33(2)16-6-9-24(36)34-17-14-21(15-18-34)35-28-25(27(29)30-19-31-28)26(32-35)20-10-12-23(13-11-20)37-22-7-4-3-5-8-22/h3-13,19,21H,14-18H2,1-2H3,(H2,29,30,31). The first kappa shape index (κ1) is 24.5. The summed E-state index contributed by atoms with van der Waals surface area (Å²) in [5.41, 5.74) is 8.66. The zero-order valence-electron chi connectivity index (χ0n) is 21.1. The number of likely N-dealkylation sites (N-methyl/N-ethyl adjacent to an activating group) is 1. The summed E-state index contributed by atoms with van der Waals surface area (Å²) in [5.74, 6) is 1.96. The molecule has 0 atom stereocenters. The summed E-state index contributed by atoms with van der Waals surface area (Å²) in [6.45, 7) is 2.07. The predicted octanol–water partition coefficient (Wildman–Crippen LogP) is 4.15. The van der Waals surface area contributed by atoms with E-state index in [1.54, 1.807) is 6.08 Å². The number of amides is 1. The maximum Gasteiger partial charge on any atom is 0.246 e. The van der Waals surface area contributed by atoms with Crippen molar-refractivity contribution in [3.8, 4) is 22.8 Å². The monoisotopic (exact) mass is 497 g/mol. The highest BCUT2D eigenvalue weighted by atomic mass is 16.5. The third-order valence-electron chi connectivity index (χ3n) is 6.48. The van der Waals surface area contributed by atoms with Crippen molar-refractivity contribution in [2.24, 2.45) is 0 Å². The molecule has 190 valence electrons. The number of nitrogens with two attached hydrogens (primary N) is 1. The number of fused-ring (bicyclic) bond motifs is 1. The van der Waals surface area contributed by atoms with Crippen LogP contribution in [-0.4, -0.2) is 69.2 Å². The van der Waals surface area contributed by atoms with Gasteiger partial charge in [0.05, 0.1) is 11.4 Å². The summed E-state index contributed by atoms with van der Waals surface area (Å²) < 4.78 is 7.89. The number of piperidine rings is 1. The van der Waals surface area contributed by atoms with Gasteiger partial charge in [0.2, 0.25) is 5.91 Å². The fourth-order valence-electron chi connectivity index (χ4n) is 4.56. The molecule has 1 amide bonds. The number of likely N-dealkylation sites (tertiary alicyclic amines) is 1. The van der Waals surface area contributed by atoms with Crippen LogP contribution in [0.5, 0.6) is 11.5 Å². The first-order valence-corrected chi connectivity index (χ1v) is 12.4. The molecule has 2 aromatic heterocycles. The Morgan fingerprint density at radius 1 is 1.05 bits per heavy atom. The lowest BCUT2D eigenvalue weighted by Crippen LogP contribution is -2.38. The van der Waals surface area contributed by atoms with Gasteiger partial charge in [0.1, 0.15) is 29.3 Å². The van der Waals surface area contributed by atoms with Crippen molar-refractivity contribution < 1.29 is 9.53 Å². The Kier molecular flexibility index (Phi) is 7.14. The average molecular weight is 498 g/mol. The summed E-state index contributed by atoms with van der Waals surface area (Å²) in [4.78, 5) is 25.2. The number of benzene rings is 2. The molecule has 9 heteroatoms. The van der Waals surface area contributed by atoms with E-state index in [4.69, 9.17) is 15.6 Å². The predicted molar refractivity (Wildman–Crippen MR) is 144 cm³/mol. The van der Waals surface area contributed by atoms with Crippen LogP contribution in [0.3, 0.4) is 0 Å². The van der Waals surface area contributed by atoms with E-state index in [9.17, 15) is 4.79 Å². The van der Waals surface area contributed by atoms with E-state index in [2.05, 4.69) is 9.97 Å². The fraction of sp³-hybridized carbons (Fsp3) is 0.286. The van der Waals surface area contributed by atoms with Crippen molar-refractivity contribution in [1.29, 1.82) is 0 Å². The van der Waals surface area contributed by atoms with E-state index >= 15 is 0 Å². The minimum atomic E-state index is 0.0516. The second-order valence-electron chi connectivity index (χ2n) is 9.41. The van der Waals surface area contributed by atoms with E-state index < -0.39 is 0 Å². The Balaban J connectivity index is 1.36. The second kappa shape index (κ2) is 10.8. The molecule has 0 saturated carbocycles. The topological polar surface area (TPSA) is 102 Å². The van der Waals surface area contributed by atoms with E-state index in [0.29, 0.717) is 24.6 Å². The summed E-state index contributed by atoms with van der Waals surface area (Å²) in [6.07, 6.45) is 6.62. The molecule has 37 heavy (non-hydrogen) atoms. The molecule has 3 heterocycles. The number of nitrogens with zero attached hydrogens (tertiary/aromatic N) is 6. The fourth-order valence-corrected chi connectivity index (χ4v) is 4.56. The van der Waals surface area contributed by atoms with Crippen LogP contribution >= 0.6 is 0 Å². The molecular formula is C28H31N7O2. The molecule has 1 aliphatic rings. The molecule has 9 nitrogen and oxygen atoms in total. The van der Waals surface area contributed by atoms with Gasteiger partial charge in [-0.25, -0.2) is 14.6 Å². The largest absolute Gasteiger partial charge is 0.457 e. The van der Waals surface area contributed by atoms with E-state index in [1.165, 1.54) is 6.33 Å². The van der Waals surface area contributed by atoms with Crippen molar-refractivity contribution in [2.75, 3.05) is 39.5 Å². The number of hydrogen-bond acceptors (Lipinski definition) is 7. The van der Waals surface area contributed by atoms with Gasteiger partial charge in [0.25, 0.3) is 0 Å². The first-order valence-electron chi connectivity index (χ1n) is 12.4. The molecule has 5 rings (SSSR count). The molecule has 0 unspecified atom stereocenters. The molecule has 2 aromatic carbocycles. The number of carbonyl (C=O) groups is 1.